The summed E-state index contributed by atoms with van der Waals surface area (Å²) >= 11 is 0. The third-order valence-corrected chi connectivity index (χ3v) is 4.74. The molecule has 22 heavy (non-hydrogen) atoms. The standard InChI is InChI=1S/C16H29N3O3/c20-15(21)7-4-8-17-16(22)19-11-9-18(10-12-19)13-14-5-2-1-3-6-14/h14H,1-13H2,(H,17,22)(H,20,21). The van der Waals surface area contributed by atoms with Gasteiger partial charge in [-0.1, -0.05) is 19.3 Å². The van der Waals surface area contributed by atoms with Gasteiger partial charge in [-0.05, 0) is 25.2 Å². The fourth-order valence-electron chi connectivity index (χ4n) is 3.42. The molecule has 0 aromatic carbocycles. The number of urea groups is 1. The Bertz CT molecular complexity index is 362. The van der Waals surface area contributed by atoms with Crippen LogP contribution in [-0.2, 0) is 4.79 Å². The van der Waals surface area contributed by atoms with Crippen LogP contribution in [0.15, 0.2) is 0 Å². The van der Waals surface area contributed by atoms with Gasteiger partial charge in [0.15, 0.2) is 0 Å². The fourth-order valence-corrected chi connectivity index (χ4v) is 3.42. The Morgan fingerprint density at radius 1 is 1.05 bits per heavy atom. The number of rotatable bonds is 6. The Kier molecular flexibility index (Phi) is 6.96. The maximum atomic E-state index is 12.0. The quantitative estimate of drug-likeness (QED) is 0.733. The Hall–Kier alpha value is -1.30. The lowest BCUT2D eigenvalue weighted by atomic mass is 9.89. The van der Waals surface area contributed by atoms with Gasteiger partial charge in [0.2, 0.25) is 0 Å². The van der Waals surface area contributed by atoms with Crippen molar-refractivity contribution < 1.29 is 14.7 Å². The highest BCUT2D eigenvalue weighted by atomic mass is 16.4. The Labute approximate surface area is 132 Å². The van der Waals surface area contributed by atoms with E-state index in [1.54, 1.807) is 0 Å². The summed E-state index contributed by atoms with van der Waals surface area (Å²) in [4.78, 5) is 26.7. The van der Waals surface area contributed by atoms with Gasteiger partial charge >= 0.3 is 12.0 Å². The number of nitrogens with one attached hydrogen (secondary N) is 1. The van der Waals surface area contributed by atoms with Gasteiger partial charge in [-0.15, -0.1) is 0 Å². The smallest absolute Gasteiger partial charge is 0.317 e. The molecule has 0 bridgehead atoms. The molecule has 0 aromatic heterocycles. The monoisotopic (exact) mass is 311 g/mol. The van der Waals surface area contributed by atoms with E-state index in [1.165, 1.54) is 38.6 Å². The predicted octanol–water partition coefficient (Wildman–Crippen LogP) is 1.76. The molecule has 6 nitrogen and oxygen atoms in total. The molecule has 1 aliphatic heterocycles. The van der Waals surface area contributed by atoms with Crippen LogP contribution < -0.4 is 5.32 Å². The number of carbonyl (C=O) groups excluding carboxylic acids is 1. The molecule has 2 aliphatic rings. The Morgan fingerprint density at radius 3 is 2.36 bits per heavy atom. The number of aliphatic carboxylic acids is 1. The molecule has 1 aliphatic carbocycles. The zero-order valence-electron chi connectivity index (χ0n) is 13.4. The van der Waals surface area contributed by atoms with Crippen LogP contribution in [0.5, 0.6) is 0 Å². The van der Waals surface area contributed by atoms with Crippen LogP contribution in [0.4, 0.5) is 4.79 Å². The lowest BCUT2D eigenvalue weighted by Gasteiger charge is -2.37. The molecule has 2 fully saturated rings. The number of amides is 2. The second-order valence-electron chi connectivity index (χ2n) is 6.52. The van der Waals surface area contributed by atoms with Gasteiger partial charge in [0, 0.05) is 45.7 Å². The van der Waals surface area contributed by atoms with Crippen molar-refractivity contribution in [1.29, 1.82) is 0 Å². The van der Waals surface area contributed by atoms with Crippen LogP contribution >= 0.6 is 0 Å². The van der Waals surface area contributed by atoms with E-state index < -0.39 is 5.97 Å². The van der Waals surface area contributed by atoms with Gasteiger partial charge in [-0.2, -0.15) is 0 Å². The van der Waals surface area contributed by atoms with E-state index in [9.17, 15) is 9.59 Å². The first-order valence-corrected chi connectivity index (χ1v) is 8.62. The van der Waals surface area contributed by atoms with Gasteiger partial charge in [0.1, 0.15) is 0 Å². The van der Waals surface area contributed by atoms with E-state index in [0.717, 1.165) is 32.1 Å². The third kappa shape index (κ3) is 5.83. The highest BCUT2D eigenvalue weighted by Gasteiger charge is 2.23. The van der Waals surface area contributed by atoms with Crippen LogP contribution in [0.2, 0.25) is 0 Å². The van der Waals surface area contributed by atoms with E-state index >= 15 is 0 Å². The minimum atomic E-state index is -0.814. The second-order valence-corrected chi connectivity index (χ2v) is 6.52. The van der Waals surface area contributed by atoms with Crippen LogP contribution in [-0.4, -0.2) is 66.2 Å². The predicted molar refractivity (Wildman–Crippen MR) is 84.9 cm³/mol. The summed E-state index contributed by atoms with van der Waals surface area (Å²) in [6.07, 6.45) is 7.48. The lowest BCUT2D eigenvalue weighted by molar-refractivity contribution is -0.137. The summed E-state index contributed by atoms with van der Waals surface area (Å²) in [5.74, 6) is 0.0377. The summed E-state index contributed by atoms with van der Waals surface area (Å²) in [5, 5.41) is 11.4. The summed E-state index contributed by atoms with van der Waals surface area (Å²) in [6.45, 7) is 5.09. The minimum Gasteiger partial charge on any atom is -0.481 e. The summed E-state index contributed by atoms with van der Waals surface area (Å²) in [5.41, 5.74) is 0. The van der Waals surface area contributed by atoms with Crippen molar-refractivity contribution in [2.45, 2.75) is 44.9 Å². The second kappa shape index (κ2) is 8.98. The van der Waals surface area contributed by atoms with Crippen molar-refractivity contribution in [2.24, 2.45) is 5.92 Å². The molecule has 0 spiro atoms. The zero-order chi connectivity index (χ0) is 15.8. The molecule has 2 N–H and O–H groups in total. The van der Waals surface area contributed by atoms with Gasteiger partial charge in [0.05, 0.1) is 0 Å². The molecule has 1 saturated carbocycles. The molecular formula is C16H29N3O3. The van der Waals surface area contributed by atoms with Crippen LogP contribution in [0.3, 0.4) is 0 Å². The third-order valence-electron chi connectivity index (χ3n) is 4.74. The summed E-state index contributed by atoms with van der Waals surface area (Å²) in [6, 6.07) is -0.0531. The fraction of sp³-hybridized carbons (Fsp3) is 0.875. The highest BCUT2D eigenvalue weighted by molar-refractivity contribution is 5.74. The molecule has 2 rings (SSSR count). The molecule has 1 saturated heterocycles. The molecule has 0 aromatic rings. The van der Waals surface area contributed by atoms with Gasteiger partial charge in [-0.25, -0.2) is 4.79 Å². The lowest BCUT2D eigenvalue weighted by Crippen LogP contribution is -2.52. The minimum absolute atomic E-state index is 0.0531. The molecule has 6 heteroatoms. The molecule has 0 unspecified atom stereocenters. The average Bonchev–Trinajstić information content (AvgIpc) is 2.53. The number of piperazine rings is 1. The van der Waals surface area contributed by atoms with Crippen molar-refractivity contribution in [3.63, 3.8) is 0 Å². The summed E-state index contributed by atoms with van der Waals surface area (Å²) in [7, 11) is 0. The first-order valence-electron chi connectivity index (χ1n) is 8.62. The largest absolute Gasteiger partial charge is 0.481 e. The molecule has 0 radical (unpaired) electrons. The topological polar surface area (TPSA) is 72.9 Å². The van der Waals surface area contributed by atoms with Crippen molar-refractivity contribution in [2.75, 3.05) is 39.3 Å². The number of carboxylic acid groups (broad SMARTS) is 1. The summed E-state index contributed by atoms with van der Waals surface area (Å²) < 4.78 is 0. The first-order chi connectivity index (χ1) is 10.6. The number of nitrogens with zero attached hydrogens (tertiary/aromatic N) is 2. The normalized spacial score (nSPS) is 20.8. The molecular weight excluding hydrogens is 282 g/mol. The van der Waals surface area contributed by atoms with Gasteiger partial charge in [-0.3, -0.25) is 9.69 Å². The first kappa shape index (κ1) is 17.1. The zero-order valence-corrected chi connectivity index (χ0v) is 13.4. The highest BCUT2D eigenvalue weighted by Crippen LogP contribution is 2.24. The van der Waals surface area contributed by atoms with Crippen molar-refractivity contribution in [3.8, 4) is 0 Å². The van der Waals surface area contributed by atoms with Crippen LogP contribution in [0.25, 0.3) is 0 Å². The van der Waals surface area contributed by atoms with Gasteiger partial charge in [0.25, 0.3) is 0 Å². The van der Waals surface area contributed by atoms with E-state index in [2.05, 4.69) is 10.2 Å². The maximum Gasteiger partial charge on any atom is 0.317 e. The number of hydrogen-bond acceptors (Lipinski definition) is 3. The van der Waals surface area contributed by atoms with E-state index in [-0.39, 0.29) is 12.5 Å². The molecule has 1 heterocycles. The molecule has 0 atom stereocenters. The molecule has 2 amide bonds. The number of carboxylic acids is 1. The number of hydrogen-bond donors (Lipinski definition) is 2. The van der Waals surface area contributed by atoms with Crippen LogP contribution in [0.1, 0.15) is 44.9 Å². The van der Waals surface area contributed by atoms with E-state index in [1.807, 2.05) is 4.90 Å². The van der Waals surface area contributed by atoms with E-state index in [4.69, 9.17) is 5.11 Å². The van der Waals surface area contributed by atoms with Crippen molar-refractivity contribution in [1.82, 2.24) is 15.1 Å². The molecule has 126 valence electrons. The number of carbonyl (C=O) groups is 2. The maximum absolute atomic E-state index is 12.0. The van der Waals surface area contributed by atoms with Gasteiger partial charge < -0.3 is 15.3 Å². The van der Waals surface area contributed by atoms with Crippen molar-refractivity contribution >= 4 is 12.0 Å². The van der Waals surface area contributed by atoms with Crippen LogP contribution in [0, 0.1) is 5.92 Å². The SMILES string of the molecule is O=C(O)CCCNC(=O)N1CCN(CC2CCCCC2)CC1. The Balaban J connectivity index is 1.59. The van der Waals surface area contributed by atoms with E-state index in [0.29, 0.717) is 13.0 Å². The average molecular weight is 311 g/mol. The Morgan fingerprint density at radius 2 is 1.73 bits per heavy atom. The van der Waals surface area contributed by atoms with Crippen molar-refractivity contribution in [3.05, 3.63) is 0 Å².